The van der Waals surface area contributed by atoms with E-state index >= 15 is 0 Å². The van der Waals surface area contributed by atoms with Crippen LogP contribution in [-0.2, 0) is 5.41 Å². The van der Waals surface area contributed by atoms with Gasteiger partial charge >= 0.3 is 0 Å². The molecule has 1 aliphatic heterocycles. The molecule has 0 spiro atoms. The highest BCUT2D eigenvalue weighted by Gasteiger charge is 2.22. The molecule has 0 amide bonds. The molecular formula is C17H24N6. The van der Waals surface area contributed by atoms with Crippen LogP contribution >= 0.6 is 0 Å². The summed E-state index contributed by atoms with van der Waals surface area (Å²) in [5.74, 6) is 1.82. The maximum absolute atomic E-state index is 4.45. The van der Waals surface area contributed by atoms with Crippen molar-refractivity contribution in [3.8, 4) is 0 Å². The van der Waals surface area contributed by atoms with Crippen molar-refractivity contribution < 1.29 is 0 Å². The number of hydrogen-bond donors (Lipinski definition) is 0. The maximum atomic E-state index is 4.45. The van der Waals surface area contributed by atoms with Gasteiger partial charge in [-0.15, -0.1) is 0 Å². The average Bonchev–Trinajstić information content (AvgIpc) is 2.55. The molecule has 0 aromatic carbocycles. The zero-order valence-corrected chi connectivity index (χ0v) is 14.3. The Kier molecular flexibility index (Phi) is 4.15. The topological polar surface area (TPSA) is 58.0 Å². The van der Waals surface area contributed by atoms with Crippen LogP contribution in [0.5, 0.6) is 0 Å². The van der Waals surface area contributed by atoms with Crippen molar-refractivity contribution in [1.82, 2.24) is 19.9 Å². The second-order valence-corrected chi connectivity index (χ2v) is 7.05. The molecule has 6 heteroatoms. The Morgan fingerprint density at radius 2 is 1.48 bits per heavy atom. The molecule has 0 radical (unpaired) electrons. The third kappa shape index (κ3) is 3.57. The summed E-state index contributed by atoms with van der Waals surface area (Å²) in [4.78, 5) is 22.2. The van der Waals surface area contributed by atoms with Crippen LogP contribution in [0.4, 0.5) is 11.8 Å². The van der Waals surface area contributed by atoms with E-state index < -0.39 is 0 Å². The summed E-state index contributed by atoms with van der Waals surface area (Å²) in [5, 5.41) is 0. The van der Waals surface area contributed by atoms with E-state index in [1.165, 1.54) is 0 Å². The summed E-state index contributed by atoms with van der Waals surface area (Å²) in [6.45, 7) is 12.2. The lowest BCUT2D eigenvalue weighted by molar-refractivity contribution is 0.564. The molecule has 3 heterocycles. The van der Waals surface area contributed by atoms with Crippen molar-refractivity contribution in [2.75, 3.05) is 36.0 Å². The molecule has 23 heavy (non-hydrogen) atoms. The minimum Gasteiger partial charge on any atom is -0.353 e. The third-order valence-electron chi connectivity index (χ3n) is 4.07. The van der Waals surface area contributed by atoms with Crippen LogP contribution < -0.4 is 9.80 Å². The highest BCUT2D eigenvalue weighted by molar-refractivity contribution is 5.43. The number of nitrogens with zero attached hydrogens (tertiary/aromatic N) is 6. The highest BCUT2D eigenvalue weighted by atomic mass is 15.3. The SMILES string of the molecule is Cc1cnc(N2CCN(c3cc(C(C)(C)C)ncn3)CC2)nc1. The van der Waals surface area contributed by atoms with Crippen LogP contribution in [-0.4, -0.2) is 46.1 Å². The van der Waals surface area contributed by atoms with Crippen LogP contribution in [0.15, 0.2) is 24.8 Å². The summed E-state index contributed by atoms with van der Waals surface area (Å²) in [6.07, 6.45) is 5.41. The van der Waals surface area contributed by atoms with Crippen LogP contribution in [0.3, 0.4) is 0 Å². The van der Waals surface area contributed by atoms with Gasteiger partial charge in [-0.05, 0) is 12.5 Å². The summed E-state index contributed by atoms with van der Waals surface area (Å²) in [6, 6.07) is 2.11. The van der Waals surface area contributed by atoms with Gasteiger partial charge in [-0.2, -0.15) is 0 Å². The van der Waals surface area contributed by atoms with E-state index in [0.29, 0.717) is 0 Å². The maximum Gasteiger partial charge on any atom is 0.225 e. The molecule has 3 rings (SSSR count). The Bertz CT molecular complexity index is 654. The van der Waals surface area contributed by atoms with Gasteiger partial charge in [0.15, 0.2) is 0 Å². The molecule has 122 valence electrons. The van der Waals surface area contributed by atoms with Crippen molar-refractivity contribution in [1.29, 1.82) is 0 Å². The lowest BCUT2D eigenvalue weighted by Crippen LogP contribution is -2.47. The number of aryl methyl sites for hydroxylation is 1. The van der Waals surface area contributed by atoms with Crippen LogP contribution in [0.1, 0.15) is 32.0 Å². The number of anilines is 2. The third-order valence-corrected chi connectivity index (χ3v) is 4.07. The number of hydrogen-bond acceptors (Lipinski definition) is 6. The second kappa shape index (κ2) is 6.10. The summed E-state index contributed by atoms with van der Waals surface area (Å²) >= 11 is 0. The van der Waals surface area contributed by atoms with Gasteiger partial charge in [-0.1, -0.05) is 20.8 Å². The molecule has 6 nitrogen and oxygen atoms in total. The molecule has 0 atom stereocenters. The monoisotopic (exact) mass is 312 g/mol. The van der Waals surface area contributed by atoms with Crippen molar-refractivity contribution in [3.63, 3.8) is 0 Å². The number of rotatable bonds is 2. The van der Waals surface area contributed by atoms with E-state index in [1.807, 2.05) is 19.3 Å². The standard InChI is InChI=1S/C17H24N6/c1-13-10-18-16(19-11-13)23-7-5-22(6-8-23)15-9-14(17(2,3)4)20-12-21-15/h9-12H,5-8H2,1-4H3. The molecular weight excluding hydrogens is 288 g/mol. The van der Waals surface area contributed by atoms with E-state index in [1.54, 1.807) is 6.33 Å². The Hall–Kier alpha value is -2.24. The lowest BCUT2D eigenvalue weighted by atomic mass is 9.92. The summed E-state index contributed by atoms with van der Waals surface area (Å²) in [5.41, 5.74) is 2.20. The van der Waals surface area contributed by atoms with Crippen molar-refractivity contribution in [2.45, 2.75) is 33.1 Å². The molecule has 0 unspecified atom stereocenters. The Labute approximate surface area is 137 Å². The van der Waals surface area contributed by atoms with Gasteiger partial charge in [0, 0.05) is 50.1 Å². The first kappa shape index (κ1) is 15.6. The fourth-order valence-corrected chi connectivity index (χ4v) is 2.61. The highest BCUT2D eigenvalue weighted by Crippen LogP contribution is 2.23. The number of aromatic nitrogens is 4. The summed E-state index contributed by atoms with van der Waals surface area (Å²) in [7, 11) is 0. The Morgan fingerprint density at radius 3 is 2.09 bits per heavy atom. The van der Waals surface area contributed by atoms with Crippen molar-refractivity contribution in [3.05, 3.63) is 36.0 Å². The van der Waals surface area contributed by atoms with Gasteiger partial charge in [-0.25, -0.2) is 19.9 Å². The van der Waals surface area contributed by atoms with Gasteiger partial charge in [0.2, 0.25) is 5.95 Å². The lowest BCUT2D eigenvalue weighted by Gasteiger charge is -2.35. The quantitative estimate of drug-likeness (QED) is 0.847. The smallest absolute Gasteiger partial charge is 0.225 e. The Balaban J connectivity index is 1.68. The van der Waals surface area contributed by atoms with Crippen LogP contribution in [0, 0.1) is 6.92 Å². The minimum atomic E-state index is 0.0370. The summed E-state index contributed by atoms with van der Waals surface area (Å²) < 4.78 is 0. The first-order chi connectivity index (χ1) is 10.9. The molecule has 0 N–H and O–H groups in total. The molecule has 2 aromatic heterocycles. The zero-order valence-electron chi connectivity index (χ0n) is 14.3. The van der Waals surface area contributed by atoms with Crippen LogP contribution in [0.25, 0.3) is 0 Å². The molecule has 1 aliphatic rings. The van der Waals surface area contributed by atoms with Crippen molar-refractivity contribution in [2.24, 2.45) is 0 Å². The second-order valence-electron chi connectivity index (χ2n) is 7.05. The van der Waals surface area contributed by atoms with E-state index in [2.05, 4.69) is 56.6 Å². The van der Waals surface area contributed by atoms with E-state index in [-0.39, 0.29) is 5.41 Å². The first-order valence-corrected chi connectivity index (χ1v) is 8.04. The van der Waals surface area contributed by atoms with E-state index in [9.17, 15) is 0 Å². The number of piperazine rings is 1. The zero-order chi connectivity index (χ0) is 16.4. The predicted molar refractivity (Wildman–Crippen MR) is 91.9 cm³/mol. The normalized spacial score (nSPS) is 15.8. The molecule has 0 bridgehead atoms. The molecule has 1 saturated heterocycles. The first-order valence-electron chi connectivity index (χ1n) is 8.04. The predicted octanol–water partition coefficient (Wildman–Crippen LogP) is 2.20. The molecule has 1 fully saturated rings. The van der Waals surface area contributed by atoms with Gasteiger partial charge in [0.1, 0.15) is 12.1 Å². The Morgan fingerprint density at radius 1 is 0.870 bits per heavy atom. The minimum absolute atomic E-state index is 0.0370. The average molecular weight is 312 g/mol. The molecule has 0 aliphatic carbocycles. The van der Waals surface area contributed by atoms with Gasteiger partial charge in [0.05, 0.1) is 5.69 Å². The fourth-order valence-electron chi connectivity index (χ4n) is 2.61. The van der Waals surface area contributed by atoms with Crippen molar-refractivity contribution >= 4 is 11.8 Å². The molecule has 2 aromatic rings. The van der Waals surface area contributed by atoms with Gasteiger partial charge < -0.3 is 9.80 Å². The molecule has 0 saturated carbocycles. The van der Waals surface area contributed by atoms with Gasteiger partial charge in [0.25, 0.3) is 0 Å². The largest absolute Gasteiger partial charge is 0.353 e. The fraction of sp³-hybridized carbons (Fsp3) is 0.529. The van der Waals surface area contributed by atoms with E-state index in [0.717, 1.165) is 49.2 Å². The van der Waals surface area contributed by atoms with Gasteiger partial charge in [-0.3, -0.25) is 0 Å². The van der Waals surface area contributed by atoms with Crippen LogP contribution in [0.2, 0.25) is 0 Å². The van der Waals surface area contributed by atoms with E-state index in [4.69, 9.17) is 0 Å².